The van der Waals surface area contributed by atoms with Crippen molar-refractivity contribution in [3.05, 3.63) is 17.7 Å². The van der Waals surface area contributed by atoms with Gasteiger partial charge in [0, 0.05) is 6.07 Å². The van der Waals surface area contributed by atoms with Crippen LogP contribution >= 0.6 is 0 Å². The molecule has 7 heteroatoms. The molecule has 1 aliphatic heterocycles. The Morgan fingerprint density at radius 1 is 1.12 bits per heavy atom. The van der Waals surface area contributed by atoms with E-state index in [0.717, 1.165) is 19.3 Å². The van der Waals surface area contributed by atoms with Gasteiger partial charge in [0.15, 0.2) is 21.3 Å². The third-order valence-electron chi connectivity index (χ3n) is 5.08. The van der Waals surface area contributed by atoms with Gasteiger partial charge in [0.2, 0.25) is 0 Å². The van der Waals surface area contributed by atoms with Crippen LogP contribution in [0.5, 0.6) is 11.5 Å². The lowest BCUT2D eigenvalue weighted by atomic mass is 9.91. The summed E-state index contributed by atoms with van der Waals surface area (Å²) in [5, 5.41) is 1.83. The smallest absolute Gasteiger partial charge is 0.180 e. The van der Waals surface area contributed by atoms with Gasteiger partial charge in [-0.3, -0.25) is 0 Å². The SMILES string of the molecule is CCCCC1(CC)CS(=O)(=O)c2cc(OC)c(OC)cc2CN1OC. The number of rotatable bonds is 7. The van der Waals surface area contributed by atoms with Gasteiger partial charge in [0.05, 0.1) is 44.1 Å². The van der Waals surface area contributed by atoms with Crippen molar-refractivity contribution >= 4 is 9.84 Å². The van der Waals surface area contributed by atoms with E-state index in [1.165, 1.54) is 7.11 Å². The molecular weight excluding hydrogens is 342 g/mol. The Labute approximate surface area is 150 Å². The number of ether oxygens (including phenoxy) is 2. The Kier molecular flexibility index (Phi) is 6.35. The molecule has 25 heavy (non-hydrogen) atoms. The Balaban J connectivity index is 2.62. The summed E-state index contributed by atoms with van der Waals surface area (Å²) in [6.07, 6.45) is 3.43. The molecule has 1 aliphatic rings. The molecule has 0 fully saturated rings. The van der Waals surface area contributed by atoms with Crippen LogP contribution in [0.25, 0.3) is 0 Å². The zero-order valence-corrected chi connectivity index (χ0v) is 16.6. The van der Waals surface area contributed by atoms with E-state index >= 15 is 0 Å². The van der Waals surface area contributed by atoms with Gasteiger partial charge >= 0.3 is 0 Å². The molecule has 0 radical (unpaired) electrons. The number of benzene rings is 1. The molecule has 1 unspecified atom stereocenters. The van der Waals surface area contributed by atoms with Crippen LogP contribution in [0.2, 0.25) is 0 Å². The largest absolute Gasteiger partial charge is 0.493 e. The number of methoxy groups -OCH3 is 2. The lowest BCUT2D eigenvalue weighted by molar-refractivity contribution is -0.207. The predicted molar refractivity (Wildman–Crippen MR) is 96.7 cm³/mol. The van der Waals surface area contributed by atoms with Crippen molar-refractivity contribution in [2.75, 3.05) is 27.1 Å². The molecule has 0 N–H and O–H groups in total. The number of hydrogen-bond acceptors (Lipinski definition) is 6. The lowest BCUT2D eigenvalue weighted by Gasteiger charge is -2.40. The molecule has 0 aliphatic carbocycles. The fourth-order valence-corrected chi connectivity index (χ4v) is 5.72. The maximum absolute atomic E-state index is 13.2. The summed E-state index contributed by atoms with van der Waals surface area (Å²) in [5.74, 6) is 0.976. The fourth-order valence-electron chi connectivity index (χ4n) is 3.56. The van der Waals surface area contributed by atoms with Gasteiger partial charge in [-0.05, 0) is 24.5 Å². The Morgan fingerprint density at radius 3 is 2.28 bits per heavy atom. The van der Waals surface area contributed by atoms with Gasteiger partial charge in [-0.25, -0.2) is 8.42 Å². The van der Waals surface area contributed by atoms with Crippen molar-refractivity contribution in [1.82, 2.24) is 5.06 Å². The Bertz CT molecular complexity index is 704. The van der Waals surface area contributed by atoms with E-state index in [0.29, 0.717) is 34.9 Å². The van der Waals surface area contributed by atoms with E-state index in [2.05, 4.69) is 6.92 Å². The Morgan fingerprint density at radius 2 is 1.76 bits per heavy atom. The second-order valence-corrected chi connectivity index (χ2v) is 8.43. The molecule has 2 rings (SSSR count). The van der Waals surface area contributed by atoms with Gasteiger partial charge < -0.3 is 14.3 Å². The van der Waals surface area contributed by atoms with E-state index in [-0.39, 0.29) is 5.75 Å². The molecule has 0 saturated heterocycles. The second kappa shape index (κ2) is 7.93. The van der Waals surface area contributed by atoms with Crippen molar-refractivity contribution < 1.29 is 22.7 Å². The molecule has 1 aromatic rings. The van der Waals surface area contributed by atoms with Crippen molar-refractivity contribution in [2.24, 2.45) is 0 Å². The lowest BCUT2D eigenvalue weighted by Crippen LogP contribution is -2.50. The summed E-state index contributed by atoms with van der Waals surface area (Å²) in [7, 11) is 1.17. The van der Waals surface area contributed by atoms with Crippen LogP contribution in [0.3, 0.4) is 0 Å². The summed E-state index contributed by atoms with van der Waals surface area (Å²) in [5.41, 5.74) is 0.134. The van der Waals surface area contributed by atoms with E-state index in [9.17, 15) is 8.42 Å². The molecule has 6 nitrogen and oxygen atoms in total. The van der Waals surface area contributed by atoms with Crippen molar-refractivity contribution in [1.29, 1.82) is 0 Å². The highest BCUT2D eigenvalue weighted by molar-refractivity contribution is 7.91. The maximum Gasteiger partial charge on any atom is 0.180 e. The second-order valence-electron chi connectivity index (χ2n) is 6.47. The number of unbranched alkanes of at least 4 members (excludes halogenated alkanes) is 1. The molecule has 1 aromatic carbocycles. The summed E-state index contributed by atoms with van der Waals surface area (Å²) < 4.78 is 37.0. The zero-order chi connectivity index (χ0) is 18.7. The summed E-state index contributed by atoms with van der Waals surface area (Å²) >= 11 is 0. The summed E-state index contributed by atoms with van der Waals surface area (Å²) in [6.45, 7) is 4.52. The van der Waals surface area contributed by atoms with Crippen LogP contribution in [0.15, 0.2) is 17.0 Å². The molecular formula is C18H29NO5S. The van der Waals surface area contributed by atoms with E-state index in [4.69, 9.17) is 14.3 Å². The predicted octanol–water partition coefficient (Wildman–Crippen LogP) is 3.19. The van der Waals surface area contributed by atoms with Crippen LogP contribution in [0, 0.1) is 0 Å². The monoisotopic (exact) mass is 371 g/mol. The van der Waals surface area contributed by atoms with Crippen LogP contribution in [0.1, 0.15) is 45.1 Å². The van der Waals surface area contributed by atoms with Crippen molar-refractivity contribution in [2.45, 2.75) is 56.5 Å². The first-order valence-corrected chi connectivity index (χ1v) is 10.3. The van der Waals surface area contributed by atoms with E-state index < -0.39 is 15.4 Å². The van der Waals surface area contributed by atoms with Gasteiger partial charge in [-0.15, -0.1) is 0 Å². The van der Waals surface area contributed by atoms with Crippen LogP contribution in [0.4, 0.5) is 0 Å². The summed E-state index contributed by atoms with van der Waals surface area (Å²) in [4.78, 5) is 5.96. The van der Waals surface area contributed by atoms with Gasteiger partial charge in [-0.2, -0.15) is 5.06 Å². The minimum absolute atomic E-state index is 0.0345. The molecule has 0 saturated carbocycles. The molecule has 0 bridgehead atoms. The number of fused-ring (bicyclic) bond motifs is 1. The van der Waals surface area contributed by atoms with Crippen LogP contribution in [-0.4, -0.2) is 46.1 Å². The quantitative estimate of drug-likeness (QED) is 0.733. The molecule has 142 valence electrons. The molecule has 1 heterocycles. The highest BCUT2D eigenvalue weighted by Crippen LogP contribution is 2.40. The maximum atomic E-state index is 13.2. The van der Waals surface area contributed by atoms with Crippen molar-refractivity contribution in [3.63, 3.8) is 0 Å². The third kappa shape index (κ3) is 3.78. The molecule has 0 aromatic heterocycles. The molecule has 1 atom stereocenters. The van der Waals surface area contributed by atoms with Gasteiger partial charge in [0.25, 0.3) is 0 Å². The molecule has 0 spiro atoms. The number of sulfone groups is 1. The third-order valence-corrected chi connectivity index (χ3v) is 7.05. The van der Waals surface area contributed by atoms with Crippen LogP contribution < -0.4 is 9.47 Å². The fraction of sp³-hybridized carbons (Fsp3) is 0.667. The normalized spacial score (nSPS) is 22.9. The van der Waals surface area contributed by atoms with Gasteiger partial charge in [-0.1, -0.05) is 26.7 Å². The van der Waals surface area contributed by atoms with Crippen LogP contribution in [-0.2, 0) is 21.2 Å². The highest BCUT2D eigenvalue weighted by atomic mass is 32.2. The first-order chi connectivity index (χ1) is 11.9. The average Bonchev–Trinajstić information content (AvgIpc) is 2.70. The van der Waals surface area contributed by atoms with Crippen molar-refractivity contribution in [3.8, 4) is 11.5 Å². The molecule has 0 amide bonds. The minimum atomic E-state index is -3.49. The first-order valence-electron chi connectivity index (χ1n) is 8.66. The topological polar surface area (TPSA) is 65.1 Å². The standard InChI is InChI=1S/C18H29NO5S/c1-6-8-9-18(7-2)13-25(20,21)17-11-16(23-4)15(22-3)10-14(17)12-19(18)24-5/h10-11H,6-9,12-13H2,1-5H3. The average molecular weight is 371 g/mol. The summed E-state index contributed by atoms with van der Waals surface area (Å²) in [6, 6.07) is 3.31. The van der Waals surface area contributed by atoms with Gasteiger partial charge in [0.1, 0.15) is 0 Å². The first kappa shape index (κ1) is 20.0. The number of hydroxylamine groups is 2. The zero-order valence-electron chi connectivity index (χ0n) is 15.8. The number of nitrogens with zero attached hydrogens (tertiary/aromatic N) is 1. The minimum Gasteiger partial charge on any atom is -0.493 e. The van der Waals surface area contributed by atoms with E-state index in [1.807, 2.05) is 12.0 Å². The Hall–Kier alpha value is -1.31. The van der Waals surface area contributed by atoms with E-state index in [1.54, 1.807) is 26.4 Å². The highest BCUT2D eigenvalue weighted by Gasteiger charge is 2.44. The number of hydrogen-bond donors (Lipinski definition) is 0.